The molecule has 0 saturated carbocycles. The van der Waals surface area contributed by atoms with Crippen LogP contribution in [0.4, 0.5) is 5.69 Å². The number of fused-ring (bicyclic) bond motifs is 1. The van der Waals surface area contributed by atoms with E-state index in [1.54, 1.807) is 12.1 Å². The lowest BCUT2D eigenvalue weighted by Crippen LogP contribution is -2.29. The number of anilines is 1. The van der Waals surface area contributed by atoms with Gasteiger partial charge >= 0.3 is 0 Å². The van der Waals surface area contributed by atoms with E-state index in [2.05, 4.69) is 16.7 Å². The summed E-state index contributed by atoms with van der Waals surface area (Å²) in [7, 11) is 0. The molecule has 1 heterocycles. The van der Waals surface area contributed by atoms with Gasteiger partial charge in [0.05, 0.1) is 11.6 Å². The Labute approximate surface area is 123 Å². The monoisotopic (exact) mass is 277 g/mol. The van der Waals surface area contributed by atoms with Crippen LogP contribution in [0.2, 0.25) is 0 Å². The van der Waals surface area contributed by atoms with Crippen molar-refractivity contribution in [1.29, 1.82) is 5.26 Å². The second-order valence-electron chi connectivity index (χ2n) is 5.13. The van der Waals surface area contributed by atoms with Gasteiger partial charge in [0.25, 0.3) is 0 Å². The van der Waals surface area contributed by atoms with Crippen LogP contribution in [0, 0.1) is 11.3 Å². The van der Waals surface area contributed by atoms with Crippen molar-refractivity contribution >= 4 is 11.6 Å². The number of carbonyl (C=O) groups is 1. The molecule has 1 amide bonds. The Hall–Kier alpha value is -2.64. The van der Waals surface area contributed by atoms with E-state index >= 15 is 0 Å². The third-order valence-electron chi connectivity index (χ3n) is 3.75. The van der Waals surface area contributed by atoms with Gasteiger partial charge in [0.2, 0.25) is 5.91 Å². The van der Waals surface area contributed by atoms with Crippen molar-refractivity contribution in [3.63, 3.8) is 0 Å². The van der Waals surface area contributed by atoms with Gasteiger partial charge in [-0.3, -0.25) is 10.1 Å². The molecule has 0 fully saturated rings. The molecule has 2 N–H and O–H groups in total. The summed E-state index contributed by atoms with van der Waals surface area (Å²) in [5.41, 5.74) is 3.52. The Morgan fingerprint density at radius 2 is 1.90 bits per heavy atom. The fourth-order valence-corrected chi connectivity index (χ4v) is 2.57. The van der Waals surface area contributed by atoms with Gasteiger partial charge in [-0.05, 0) is 30.7 Å². The molecule has 4 heteroatoms. The first kappa shape index (κ1) is 13.3. The van der Waals surface area contributed by atoms with Crippen molar-refractivity contribution in [1.82, 2.24) is 5.32 Å². The summed E-state index contributed by atoms with van der Waals surface area (Å²) in [4.78, 5) is 12.1. The van der Waals surface area contributed by atoms with Gasteiger partial charge in [-0.2, -0.15) is 5.26 Å². The molecule has 4 nitrogen and oxygen atoms in total. The number of benzene rings is 2. The van der Waals surface area contributed by atoms with Crippen molar-refractivity contribution in [3.8, 4) is 6.07 Å². The predicted octanol–water partition coefficient (Wildman–Crippen LogP) is 2.90. The summed E-state index contributed by atoms with van der Waals surface area (Å²) in [5.74, 6) is -0.0308. The summed E-state index contributed by atoms with van der Waals surface area (Å²) in [6.45, 7) is 2.01. The van der Waals surface area contributed by atoms with E-state index in [0.717, 1.165) is 16.8 Å². The second-order valence-corrected chi connectivity index (χ2v) is 5.13. The van der Waals surface area contributed by atoms with Crippen molar-refractivity contribution in [2.75, 3.05) is 5.32 Å². The molecular formula is C17H15N3O. The molecule has 104 valence electrons. The Morgan fingerprint density at radius 3 is 2.62 bits per heavy atom. The van der Waals surface area contributed by atoms with E-state index in [9.17, 15) is 4.79 Å². The maximum atomic E-state index is 12.1. The number of amides is 1. The summed E-state index contributed by atoms with van der Waals surface area (Å²) in [5, 5.41) is 15.0. The SMILES string of the molecule is CC(NC1C(=O)Nc2ccccc21)c1ccc(C#N)cc1. The average molecular weight is 277 g/mol. The topological polar surface area (TPSA) is 64.9 Å². The highest BCUT2D eigenvalue weighted by Gasteiger charge is 2.31. The minimum absolute atomic E-state index is 0.0136. The van der Waals surface area contributed by atoms with E-state index in [1.165, 1.54) is 0 Å². The predicted molar refractivity (Wildman–Crippen MR) is 80.5 cm³/mol. The third kappa shape index (κ3) is 2.51. The molecule has 0 saturated heterocycles. The largest absolute Gasteiger partial charge is 0.324 e. The zero-order valence-electron chi connectivity index (χ0n) is 11.6. The maximum Gasteiger partial charge on any atom is 0.246 e. The molecule has 0 aromatic heterocycles. The number of hydrogen-bond donors (Lipinski definition) is 2. The number of nitriles is 1. The summed E-state index contributed by atoms with van der Waals surface area (Å²) in [6, 6.07) is 16.9. The van der Waals surface area contributed by atoms with E-state index in [0.29, 0.717) is 5.56 Å². The first-order valence-corrected chi connectivity index (χ1v) is 6.85. The molecule has 0 aliphatic carbocycles. The lowest BCUT2D eigenvalue weighted by atomic mass is 10.0. The lowest BCUT2D eigenvalue weighted by molar-refractivity contribution is -0.117. The molecule has 0 spiro atoms. The Morgan fingerprint density at radius 1 is 1.19 bits per heavy atom. The summed E-state index contributed by atoms with van der Waals surface area (Å²) >= 11 is 0. The minimum Gasteiger partial charge on any atom is -0.324 e. The first-order valence-electron chi connectivity index (χ1n) is 6.85. The number of nitrogens with zero attached hydrogens (tertiary/aromatic N) is 1. The van der Waals surface area contributed by atoms with Gasteiger partial charge in [0, 0.05) is 17.3 Å². The maximum absolute atomic E-state index is 12.1. The lowest BCUT2D eigenvalue weighted by Gasteiger charge is -2.19. The number of hydrogen-bond acceptors (Lipinski definition) is 3. The zero-order chi connectivity index (χ0) is 14.8. The van der Waals surface area contributed by atoms with Crippen molar-refractivity contribution in [3.05, 3.63) is 65.2 Å². The minimum atomic E-state index is -0.341. The van der Waals surface area contributed by atoms with Crippen LogP contribution < -0.4 is 10.6 Å². The molecular weight excluding hydrogens is 262 g/mol. The Kier molecular flexibility index (Phi) is 3.43. The van der Waals surface area contributed by atoms with Gasteiger partial charge in [0.15, 0.2) is 0 Å². The van der Waals surface area contributed by atoms with Gasteiger partial charge in [-0.1, -0.05) is 30.3 Å². The number of rotatable bonds is 3. The van der Waals surface area contributed by atoms with Gasteiger partial charge in [0.1, 0.15) is 6.04 Å². The molecule has 21 heavy (non-hydrogen) atoms. The smallest absolute Gasteiger partial charge is 0.246 e. The standard InChI is InChI=1S/C17H15N3O/c1-11(13-8-6-12(10-18)7-9-13)19-16-14-4-2-3-5-15(14)20-17(16)21/h2-9,11,16,19H,1H3,(H,20,21). The molecule has 1 aliphatic rings. The van der Waals surface area contributed by atoms with Crippen LogP contribution in [0.1, 0.15) is 35.7 Å². The highest BCUT2D eigenvalue weighted by Crippen LogP contribution is 2.32. The van der Waals surface area contributed by atoms with Crippen LogP contribution in [0.15, 0.2) is 48.5 Å². The Balaban J connectivity index is 1.80. The second kappa shape index (κ2) is 5.39. The van der Waals surface area contributed by atoms with E-state index in [1.807, 2.05) is 43.3 Å². The van der Waals surface area contributed by atoms with E-state index in [-0.39, 0.29) is 18.0 Å². The van der Waals surface area contributed by atoms with Crippen molar-refractivity contribution in [2.45, 2.75) is 19.0 Å². The normalized spacial score (nSPS) is 17.7. The molecule has 2 unspecified atom stereocenters. The highest BCUT2D eigenvalue weighted by atomic mass is 16.2. The summed E-state index contributed by atoms with van der Waals surface area (Å²) < 4.78 is 0. The fourth-order valence-electron chi connectivity index (χ4n) is 2.57. The van der Waals surface area contributed by atoms with Gasteiger partial charge < -0.3 is 5.32 Å². The average Bonchev–Trinajstić information content (AvgIpc) is 2.83. The Bertz CT molecular complexity index is 716. The van der Waals surface area contributed by atoms with Crippen LogP contribution in [0.3, 0.4) is 0 Å². The molecule has 1 aliphatic heterocycles. The third-order valence-corrected chi connectivity index (χ3v) is 3.75. The van der Waals surface area contributed by atoms with Crippen LogP contribution >= 0.6 is 0 Å². The van der Waals surface area contributed by atoms with Crippen molar-refractivity contribution < 1.29 is 4.79 Å². The molecule has 3 rings (SSSR count). The summed E-state index contributed by atoms with van der Waals surface area (Å²) in [6.07, 6.45) is 0. The number of carbonyl (C=O) groups excluding carboxylic acids is 1. The molecule has 0 bridgehead atoms. The van der Waals surface area contributed by atoms with Crippen LogP contribution in [0.25, 0.3) is 0 Å². The fraction of sp³-hybridized carbons (Fsp3) is 0.176. The van der Waals surface area contributed by atoms with Gasteiger partial charge in [-0.25, -0.2) is 0 Å². The van der Waals surface area contributed by atoms with E-state index < -0.39 is 0 Å². The molecule has 2 atom stereocenters. The highest BCUT2D eigenvalue weighted by molar-refractivity contribution is 6.02. The van der Waals surface area contributed by atoms with Crippen molar-refractivity contribution in [2.24, 2.45) is 0 Å². The van der Waals surface area contributed by atoms with Crippen LogP contribution in [-0.2, 0) is 4.79 Å². The quantitative estimate of drug-likeness (QED) is 0.906. The van der Waals surface area contributed by atoms with Crippen LogP contribution in [0.5, 0.6) is 0 Å². The molecule has 2 aromatic rings. The van der Waals surface area contributed by atoms with Gasteiger partial charge in [-0.15, -0.1) is 0 Å². The first-order chi connectivity index (χ1) is 10.2. The number of para-hydroxylation sites is 1. The van der Waals surface area contributed by atoms with E-state index in [4.69, 9.17) is 5.26 Å². The zero-order valence-corrected chi connectivity index (χ0v) is 11.6. The molecule has 0 radical (unpaired) electrons. The molecule has 2 aromatic carbocycles. The number of nitrogens with one attached hydrogen (secondary N) is 2. The van der Waals surface area contributed by atoms with Crippen LogP contribution in [-0.4, -0.2) is 5.91 Å².